The van der Waals surface area contributed by atoms with E-state index in [4.69, 9.17) is 39.5 Å². The first-order chi connectivity index (χ1) is 14.5. The highest BCUT2D eigenvalue weighted by atomic mass is 35.5. The number of carbonyl (C=O) groups excluding carboxylic acids is 1. The minimum Gasteiger partial charge on any atom is -0.449 e. The zero-order valence-electron chi connectivity index (χ0n) is 15.7. The van der Waals surface area contributed by atoms with Crippen LogP contribution in [-0.4, -0.2) is 19.2 Å². The number of fused-ring (bicyclic) bond motifs is 3. The second-order valence-electron chi connectivity index (χ2n) is 6.73. The fourth-order valence-electron chi connectivity index (χ4n) is 3.54. The van der Waals surface area contributed by atoms with E-state index in [2.05, 4.69) is 41.4 Å². The highest BCUT2D eigenvalue weighted by Crippen LogP contribution is 2.44. The molecule has 30 heavy (non-hydrogen) atoms. The Bertz CT molecular complexity index is 1110. The van der Waals surface area contributed by atoms with Crippen LogP contribution in [0.3, 0.4) is 0 Å². The molecule has 1 aliphatic carbocycles. The summed E-state index contributed by atoms with van der Waals surface area (Å²) >= 11 is 17.9. The largest absolute Gasteiger partial charge is 0.449 e. The van der Waals surface area contributed by atoms with Crippen LogP contribution >= 0.6 is 34.8 Å². The summed E-state index contributed by atoms with van der Waals surface area (Å²) in [6.07, 6.45) is -0.515. The number of alkyl carbamates (subject to hydrolysis) is 1. The van der Waals surface area contributed by atoms with Crippen LogP contribution in [0, 0.1) is 11.8 Å². The van der Waals surface area contributed by atoms with Gasteiger partial charge in [0.05, 0.1) is 21.6 Å². The summed E-state index contributed by atoms with van der Waals surface area (Å²) in [5.74, 6) is 5.75. The van der Waals surface area contributed by atoms with Gasteiger partial charge in [-0.3, -0.25) is 0 Å². The number of hydrogen-bond acceptors (Lipinski definition) is 2. The van der Waals surface area contributed by atoms with Crippen molar-refractivity contribution < 1.29 is 9.53 Å². The molecule has 0 fully saturated rings. The van der Waals surface area contributed by atoms with Crippen molar-refractivity contribution in [3.05, 3.63) is 92.4 Å². The number of benzene rings is 3. The van der Waals surface area contributed by atoms with Gasteiger partial charge < -0.3 is 10.1 Å². The van der Waals surface area contributed by atoms with Crippen molar-refractivity contribution in [2.75, 3.05) is 13.2 Å². The molecule has 0 saturated heterocycles. The fraction of sp³-hybridized carbons (Fsp3) is 0.125. The normalized spacial score (nSPS) is 11.8. The highest BCUT2D eigenvalue weighted by Gasteiger charge is 2.28. The van der Waals surface area contributed by atoms with E-state index in [1.54, 1.807) is 12.1 Å². The molecule has 0 saturated carbocycles. The second kappa shape index (κ2) is 9.02. The predicted molar refractivity (Wildman–Crippen MR) is 121 cm³/mol. The first-order valence-electron chi connectivity index (χ1n) is 9.27. The van der Waals surface area contributed by atoms with Crippen LogP contribution in [0.5, 0.6) is 0 Å². The Morgan fingerprint density at radius 1 is 0.933 bits per heavy atom. The molecule has 0 atom stereocenters. The van der Waals surface area contributed by atoms with Gasteiger partial charge in [-0.15, -0.1) is 0 Å². The third kappa shape index (κ3) is 4.27. The zero-order valence-corrected chi connectivity index (χ0v) is 18.0. The first-order valence-corrected chi connectivity index (χ1v) is 10.4. The van der Waals surface area contributed by atoms with Gasteiger partial charge in [-0.05, 0) is 34.4 Å². The summed E-state index contributed by atoms with van der Waals surface area (Å²) in [4.78, 5) is 12.1. The lowest BCUT2D eigenvalue weighted by Crippen LogP contribution is -2.26. The maximum Gasteiger partial charge on any atom is 0.407 e. The third-order valence-electron chi connectivity index (χ3n) is 4.88. The SMILES string of the molecule is O=C(NCC#Cc1cc(Cl)c(Cl)c(Cl)c1)OCC1c2ccccc2-c2ccccc21. The predicted octanol–water partition coefficient (Wildman–Crippen LogP) is 6.54. The molecule has 3 nitrogen and oxygen atoms in total. The van der Waals surface area contributed by atoms with E-state index in [-0.39, 0.29) is 19.1 Å². The fourth-order valence-corrected chi connectivity index (χ4v) is 4.14. The Morgan fingerprint density at radius 3 is 2.10 bits per heavy atom. The molecule has 1 N–H and O–H groups in total. The molecular weight excluding hydrogens is 441 g/mol. The van der Waals surface area contributed by atoms with Crippen molar-refractivity contribution >= 4 is 40.9 Å². The Kier molecular flexibility index (Phi) is 6.20. The maximum absolute atomic E-state index is 12.1. The average Bonchev–Trinajstić information content (AvgIpc) is 3.07. The van der Waals surface area contributed by atoms with Gasteiger partial charge in [0.15, 0.2) is 0 Å². The maximum atomic E-state index is 12.1. The second-order valence-corrected chi connectivity index (χ2v) is 7.93. The van der Waals surface area contributed by atoms with E-state index in [1.165, 1.54) is 22.3 Å². The summed E-state index contributed by atoms with van der Waals surface area (Å²) < 4.78 is 5.47. The van der Waals surface area contributed by atoms with E-state index in [0.717, 1.165) is 0 Å². The van der Waals surface area contributed by atoms with Crippen LogP contribution in [0.4, 0.5) is 4.79 Å². The summed E-state index contributed by atoms with van der Waals surface area (Å²) in [5, 5.41) is 3.59. The van der Waals surface area contributed by atoms with Crippen LogP contribution < -0.4 is 5.32 Å². The topological polar surface area (TPSA) is 38.3 Å². The van der Waals surface area contributed by atoms with Crippen molar-refractivity contribution in [1.82, 2.24) is 5.32 Å². The quantitative estimate of drug-likeness (QED) is 0.359. The molecule has 0 heterocycles. The van der Waals surface area contributed by atoms with Crippen molar-refractivity contribution in [2.24, 2.45) is 0 Å². The van der Waals surface area contributed by atoms with Gasteiger partial charge in [0.25, 0.3) is 0 Å². The molecule has 0 unspecified atom stereocenters. The lowest BCUT2D eigenvalue weighted by atomic mass is 9.98. The number of rotatable bonds is 3. The Balaban J connectivity index is 1.35. The van der Waals surface area contributed by atoms with Gasteiger partial charge in [0, 0.05) is 11.5 Å². The van der Waals surface area contributed by atoms with Crippen molar-refractivity contribution in [3.63, 3.8) is 0 Å². The molecule has 0 radical (unpaired) electrons. The van der Waals surface area contributed by atoms with Crippen LogP contribution in [0.25, 0.3) is 11.1 Å². The van der Waals surface area contributed by atoms with Crippen LogP contribution in [-0.2, 0) is 4.74 Å². The summed E-state index contributed by atoms with van der Waals surface area (Å²) in [5.41, 5.74) is 5.33. The van der Waals surface area contributed by atoms with Crippen molar-refractivity contribution in [3.8, 4) is 23.0 Å². The zero-order chi connectivity index (χ0) is 21.1. The molecule has 1 aliphatic rings. The Labute approximate surface area is 189 Å². The van der Waals surface area contributed by atoms with Gasteiger partial charge in [-0.1, -0.05) is 95.2 Å². The summed E-state index contributed by atoms with van der Waals surface area (Å²) in [6, 6.07) is 19.6. The molecule has 0 spiro atoms. The molecule has 0 bridgehead atoms. The lowest BCUT2D eigenvalue weighted by Gasteiger charge is -2.14. The average molecular weight is 457 g/mol. The number of amides is 1. The van der Waals surface area contributed by atoms with Gasteiger partial charge in [0.1, 0.15) is 6.61 Å². The van der Waals surface area contributed by atoms with Gasteiger partial charge in [0.2, 0.25) is 0 Å². The summed E-state index contributed by atoms with van der Waals surface area (Å²) in [6.45, 7) is 0.393. The van der Waals surface area contributed by atoms with E-state index >= 15 is 0 Å². The van der Waals surface area contributed by atoms with Crippen LogP contribution in [0.15, 0.2) is 60.7 Å². The number of nitrogens with one attached hydrogen (secondary N) is 1. The lowest BCUT2D eigenvalue weighted by molar-refractivity contribution is 0.144. The minimum absolute atomic E-state index is 0.0209. The molecule has 6 heteroatoms. The molecule has 0 aliphatic heterocycles. The van der Waals surface area contributed by atoms with E-state index < -0.39 is 6.09 Å². The van der Waals surface area contributed by atoms with Crippen LogP contribution in [0.1, 0.15) is 22.6 Å². The Morgan fingerprint density at radius 2 is 1.50 bits per heavy atom. The van der Waals surface area contributed by atoms with Gasteiger partial charge in [-0.25, -0.2) is 4.79 Å². The van der Waals surface area contributed by atoms with E-state index in [9.17, 15) is 4.79 Å². The van der Waals surface area contributed by atoms with Gasteiger partial charge >= 0.3 is 6.09 Å². The molecule has 4 rings (SSSR count). The third-order valence-corrected chi connectivity index (χ3v) is 6.08. The molecular formula is C24H16Cl3NO2. The highest BCUT2D eigenvalue weighted by molar-refractivity contribution is 6.48. The van der Waals surface area contributed by atoms with Crippen molar-refractivity contribution in [1.29, 1.82) is 0 Å². The van der Waals surface area contributed by atoms with Crippen molar-refractivity contribution in [2.45, 2.75) is 5.92 Å². The first kappa shape index (κ1) is 20.6. The monoisotopic (exact) mass is 455 g/mol. The minimum atomic E-state index is -0.515. The smallest absolute Gasteiger partial charge is 0.407 e. The molecule has 150 valence electrons. The molecule has 3 aromatic carbocycles. The van der Waals surface area contributed by atoms with Gasteiger partial charge in [-0.2, -0.15) is 0 Å². The summed E-state index contributed by atoms with van der Waals surface area (Å²) in [7, 11) is 0. The number of hydrogen-bond donors (Lipinski definition) is 1. The molecule has 1 amide bonds. The molecule has 0 aromatic heterocycles. The Hall–Kier alpha value is -2.64. The number of ether oxygens (including phenoxy) is 1. The number of halogens is 3. The van der Waals surface area contributed by atoms with E-state index in [0.29, 0.717) is 20.6 Å². The molecule has 3 aromatic rings. The van der Waals surface area contributed by atoms with Crippen LogP contribution in [0.2, 0.25) is 15.1 Å². The number of carbonyl (C=O) groups is 1. The van der Waals surface area contributed by atoms with E-state index in [1.807, 2.05) is 24.3 Å². The standard InChI is InChI=1S/C24H16Cl3NO2/c25-21-12-15(13-22(26)23(21)27)6-5-11-28-24(29)30-14-20-18-9-3-1-7-16(18)17-8-2-4-10-19(17)20/h1-4,7-10,12-13,20H,11,14H2,(H,28,29).